The third kappa shape index (κ3) is 3.57. The molecule has 3 aliphatic rings. The molecule has 0 fully saturated rings. The van der Waals surface area contributed by atoms with Crippen LogP contribution in [0.1, 0.15) is 17.5 Å². The molecular weight excluding hydrogens is 563 g/mol. The number of aryl methyl sites for hydroxylation is 1. The van der Waals surface area contributed by atoms with Crippen molar-refractivity contribution < 1.29 is 0 Å². The number of para-hydroxylation sites is 3. The van der Waals surface area contributed by atoms with Gasteiger partial charge in [0, 0.05) is 43.2 Å². The topological polar surface area (TPSA) is 6.48 Å². The van der Waals surface area contributed by atoms with Gasteiger partial charge in [-0.05, 0) is 89.3 Å². The molecule has 0 bridgehead atoms. The van der Waals surface area contributed by atoms with E-state index in [0.717, 1.165) is 6.42 Å². The van der Waals surface area contributed by atoms with Crippen LogP contribution >= 0.6 is 11.3 Å². The van der Waals surface area contributed by atoms with E-state index in [9.17, 15) is 0 Å². The Morgan fingerprint density at radius 2 is 1.22 bits per heavy atom. The largest absolute Gasteiger partial charge is 0.311 e. The number of benzene rings is 6. The lowest BCUT2D eigenvalue weighted by Gasteiger charge is -2.43. The molecule has 4 heteroatoms. The van der Waals surface area contributed by atoms with Crippen LogP contribution in [-0.4, -0.2) is 6.71 Å². The SMILES string of the molecule is c1ccc(N2c3cccc4c3B(c3ccccc3N4c3ccccc3-c3cccc4c3CCC4)c3sc4ccccc4c32)cc1. The Hall–Kier alpha value is -5.06. The van der Waals surface area contributed by atoms with E-state index in [-0.39, 0.29) is 6.71 Å². The predicted molar refractivity (Wildman–Crippen MR) is 193 cm³/mol. The quantitative estimate of drug-likeness (QED) is 0.189. The average Bonchev–Trinajstić information content (AvgIpc) is 3.74. The number of hydrogen-bond acceptors (Lipinski definition) is 3. The second kappa shape index (κ2) is 9.72. The van der Waals surface area contributed by atoms with Crippen molar-refractivity contribution in [3.05, 3.63) is 151 Å². The molecule has 0 saturated heterocycles. The zero-order valence-electron chi connectivity index (χ0n) is 24.8. The summed E-state index contributed by atoms with van der Waals surface area (Å²) in [7, 11) is 0. The maximum absolute atomic E-state index is 2.55. The van der Waals surface area contributed by atoms with Crippen LogP contribution in [0.15, 0.2) is 140 Å². The number of anilines is 6. The van der Waals surface area contributed by atoms with Crippen molar-refractivity contribution in [2.45, 2.75) is 19.3 Å². The summed E-state index contributed by atoms with van der Waals surface area (Å²) in [6, 6.07) is 51.8. The molecule has 2 aliphatic heterocycles. The van der Waals surface area contributed by atoms with E-state index in [1.165, 1.54) is 95.0 Å². The molecule has 0 spiro atoms. The molecule has 7 aromatic rings. The van der Waals surface area contributed by atoms with Gasteiger partial charge in [0.05, 0.1) is 11.4 Å². The summed E-state index contributed by atoms with van der Waals surface area (Å²) < 4.78 is 2.75. The molecule has 0 radical (unpaired) electrons. The van der Waals surface area contributed by atoms with Crippen molar-refractivity contribution in [3.63, 3.8) is 0 Å². The summed E-state index contributed by atoms with van der Waals surface area (Å²) in [6.07, 6.45) is 3.57. The summed E-state index contributed by atoms with van der Waals surface area (Å²) in [5, 5.41) is 1.32. The van der Waals surface area contributed by atoms with Crippen molar-refractivity contribution >= 4 is 78.0 Å². The first-order valence-electron chi connectivity index (χ1n) is 16.0. The van der Waals surface area contributed by atoms with Gasteiger partial charge in [-0.2, -0.15) is 0 Å². The van der Waals surface area contributed by atoms with Gasteiger partial charge in [-0.1, -0.05) is 97.1 Å². The number of fused-ring (bicyclic) bond motifs is 7. The third-order valence-corrected chi connectivity index (χ3v) is 11.2. The van der Waals surface area contributed by atoms with Crippen molar-refractivity contribution in [1.29, 1.82) is 0 Å². The Morgan fingerprint density at radius 3 is 2.13 bits per heavy atom. The molecule has 45 heavy (non-hydrogen) atoms. The van der Waals surface area contributed by atoms with Crippen molar-refractivity contribution in [2.75, 3.05) is 9.80 Å². The Labute approximate surface area is 267 Å². The van der Waals surface area contributed by atoms with Crippen LogP contribution in [0.25, 0.3) is 21.2 Å². The van der Waals surface area contributed by atoms with Gasteiger partial charge < -0.3 is 9.80 Å². The van der Waals surface area contributed by atoms with Crippen molar-refractivity contribution in [1.82, 2.24) is 0 Å². The molecule has 2 nitrogen and oxygen atoms in total. The fourth-order valence-electron chi connectivity index (χ4n) is 8.19. The first-order valence-corrected chi connectivity index (χ1v) is 16.8. The highest BCUT2D eigenvalue weighted by molar-refractivity contribution is 7.33. The summed E-state index contributed by atoms with van der Waals surface area (Å²) in [4.78, 5) is 5.07. The van der Waals surface area contributed by atoms with Gasteiger partial charge >= 0.3 is 0 Å². The van der Waals surface area contributed by atoms with E-state index >= 15 is 0 Å². The van der Waals surface area contributed by atoms with E-state index < -0.39 is 0 Å². The lowest BCUT2D eigenvalue weighted by Crippen LogP contribution is -2.60. The van der Waals surface area contributed by atoms with E-state index in [1.807, 2.05) is 11.3 Å². The molecule has 0 N–H and O–H groups in total. The molecular formula is C41H29BN2S. The smallest absolute Gasteiger partial charge is 0.264 e. The number of nitrogens with zero attached hydrogens (tertiary/aromatic N) is 2. The molecule has 10 rings (SSSR count). The Morgan fingerprint density at radius 1 is 0.533 bits per heavy atom. The van der Waals surface area contributed by atoms with Crippen LogP contribution in [0.4, 0.5) is 34.1 Å². The summed E-state index contributed by atoms with van der Waals surface area (Å²) in [5.41, 5.74) is 16.0. The number of rotatable bonds is 3. The highest BCUT2D eigenvalue weighted by Gasteiger charge is 2.45. The zero-order chi connectivity index (χ0) is 29.5. The highest BCUT2D eigenvalue weighted by atomic mass is 32.1. The molecule has 0 atom stereocenters. The third-order valence-electron chi connectivity index (χ3n) is 10.00. The van der Waals surface area contributed by atoms with Crippen LogP contribution in [0.5, 0.6) is 0 Å². The lowest BCUT2D eigenvalue weighted by atomic mass is 9.36. The maximum Gasteiger partial charge on any atom is 0.264 e. The van der Waals surface area contributed by atoms with E-state index in [0.29, 0.717) is 0 Å². The minimum atomic E-state index is 0.157. The van der Waals surface area contributed by atoms with Crippen molar-refractivity contribution in [2.24, 2.45) is 0 Å². The van der Waals surface area contributed by atoms with Gasteiger partial charge in [-0.3, -0.25) is 0 Å². The summed E-state index contributed by atoms with van der Waals surface area (Å²) in [6.45, 7) is 0.157. The molecule has 0 amide bonds. The first kappa shape index (κ1) is 25.3. The van der Waals surface area contributed by atoms with Crippen LogP contribution in [0.2, 0.25) is 0 Å². The van der Waals surface area contributed by atoms with Crippen molar-refractivity contribution in [3.8, 4) is 11.1 Å². The monoisotopic (exact) mass is 592 g/mol. The van der Waals surface area contributed by atoms with E-state index in [1.54, 1.807) is 0 Å². The van der Waals surface area contributed by atoms with Gasteiger partial charge in [0.2, 0.25) is 0 Å². The fraction of sp³-hybridized carbons (Fsp3) is 0.0732. The van der Waals surface area contributed by atoms with Crippen LogP contribution in [0.3, 0.4) is 0 Å². The summed E-state index contributed by atoms with van der Waals surface area (Å²) >= 11 is 1.95. The Balaban J connectivity index is 1.28. The lowest BCUT2D eigenvalue weighted by molar-refractivity contribution is 0.912. The summed E-state index contributed by atoms with van der Waals surface area (Å²) in [5.74, 6) is 0. The number of hydrogen-bond donors (Lipinski definition) is 0. The average molecular weight is 593 g/mol. The molecule has 1 aromatic heterocycles. The molecule has 3 heterocycles. The molecule has 0 saturated carbocycles. The predicted octanol–water partition coefficient (Wildman–Crippen LogP) is 9.14. The second-order valence-electron chi connectivity index (χ2n) is 12.3. The first-order chi connectivity index (χ1) is 22.4. The number of thiophene rings is 1. The molecule has 0 unspecified atom stereocenters. The maximum atomic E-state index is 2.55. The van der Waals surface area contributed by atoms with Gasteiger partial charge in [0.1, 0.15) is 0 Å². The minimum Gasteiger partial charge on any atom is -0.311 e. The highest BCUT2D eigenvalue weighted by Crippen LogP contribution is 2.49. The van der Waals surface area contributed by atoms with Crippen LogP contribution < -0.4 is 25.5 Å². The molecule has 1 aliphatic carbocycles. The van der Waals surface area contributed by atoms with Gasteiger partial charge in [-0.15, -0.1) is 11.3 Å². The standard InChI is InChI=1S/C41H29BN2S/c1-2-15-28(16-3-1)43-36-24-12-25-37-39(36)42(41-40(43)32-18-5-9-26-38(32)45-41)33-21-6-8-23-35(33)44(37)34-22-7-4-17-31(34)30-20-11-14-27-13-10-19-29(27)30/h1-9,11-12,14-18,20-26H,10,13,19H2. The van der Waals surface area contributed by atoms with Gasteiger partial charge in [0.25, 0.3) is 6.71 Å². The molecule has 6 aromatic carbocycles. The molecule has 212 valence electrons. The zero-order valence-corrected chi connectivity index (χ0v) is 25.6. The van der Waals surface area contributed by atoms with Crippen LogP contribution in [0, 0.1) is 0 Å². The Kier molecular flexibility index (Phi) is 5.46. The minimum absolute atomic E-state index is 0.157. The second-order valence-corrected chi connectivity index (χ2v) is 13.4. The Bertz CT molecular complexity index is 2290. The van der Waals surface area contributed by atoms with Crippen LogP contribution in [-0.2, 0) is 12.8 Å². The van der Waals surface area contributed by atoms with Gasteiger partial charge in [-0.25, -0.2) is 0 Å². The van der Waals surface area contributed by atoms with Gasteiger partial charge in [0.15, 0.2) is 0 Å². The normalized spacial score (nSPS) is 14.3. The van der Waals surface area contributed by atoms with E-state index in [4.69, 9.17) is 0 Å². The fourth-order valence-corrected chi connectivity index (χ4v) is 9.51. The van der Waals surface area contributed by atoms with E-state index in [2.05, 4.69) is 149 Å².